The molecule has 1 amide bonds. The molecule has 1 rings (SSSR count). The second kappa shape index (κ2) is 43.6. The number of amides is 1. The van der Waals surface area contributed by atoms with Gasteiger partial charge in [0.05, 0.1) is 25.4 Å². The predicted octanol–water partition coefficient (Wildman–Crippen LogP) is 12.1. The minimum absolute atomic E-state index is 0.264. The maximum Gasteiger partial charge on any atom is 0.397 e. The zero-order chi connectivity index (χ0) is 48.4. The zero-order valence-corrected chi connectivity index (χ0v) is 42.8. The van der Waals surface area contributed by atoms with Gasteiger partial charge in [-0.1, -0.05) is 224 Å². The van der Waals surface area contributed by atoms with Crippen molar-refractivity contribution in [1.29, 1.82) is 0 Å². The fourth-order valence-electron chi connectivity index (χ4n) is 8.74. The maximum absolute atomic E-state index is 13.1. The van der Waals surface area contributed by atoms with Gasteiger partial charge in [-0.05, 0) is 44.9 Å². The molecule has 1 heterocycles. The van der Waals surface area contributed by atoms with E-state index >= 15 is 0 Å². The topological polar surface area (TPSA) is 192 Å². The minimum atomic E-state index is -5.09. The molecule has 0 aromatic rings. The third-order valence-corrected chi connectivity index (χ3v) is 13.4. The van der Waals surface area contributed by atoms with Gasteiger partial charge in [-0.2, -0.15) is 8.42 Å². The van der Waals surface area contributed by atoms with E-state index in [0.29, 0.717) is 6.42 Å². The van der Waals surface area contributed by atoms with Gasteiger partial charge in [0.25, 0.3) is 0 Å². The van der Waals surface area contributed by atoms with Gasteiger partial charge in [0.1, 0.15) is 24.4 Å². The number of allylic oxidation sites excluding steroid dienone is 3. The Hall–Kier alpha value is -1.42. The average Bonchev–Trinajstić information content (AvgIpc) is 3.29. The number of carbonyl (C=O) groups excluding carboxylic acids is 1. The molecular formula is C53H101NO11S. The van der Waals surface area contributed by atoms with Gasteiger partial charge < -0.3 is 35.2 Å². The summed E-state index contributed by atoms with van der Waals surface area (Å²) in [7, 11) is -5.09. The van der Waals surface area contributed by atoms with E-state index in [1.54, 1.807) is 6.08 Å². The normalized spacial score (nSPS) is 20.1. The molecule has 1 saturated heterocycles. The number of ether oxygens (including phenoxy) is 2. The molecule has 0 aromatic carbocycles. The monoisotopic (exact) mass is 960 g/mol. The Bertz CT molecular complexity index is 1270. The molecule has 1 aliphatic rings. The van der Waals surface area contributed by atoms with E-state index in [9.17, 15) is 38.2 Å². The number of aliphatic hydroxyl groups excluding tert-OH is 4. The van der Waals surface area contributed by atoms with Crippen LogP contribution in [0.2, 0.25) is 0 Å². The van der Waals surface area contributed by atoms with Gasteiger partial charge in [0.15, 0.2) is 6.29 Å². The van der Waals surface area contributed by atoms with Gasteiger partial charge in [0, 0.05) is 6.42 Å². The number of hydrogen-bond acceptors (Lipinski definition) is 10. The Morgan fingerprint density at radius 2 is 0.970 bits per heavy atom. The molecule has 390 valence electrons. The van der Waals surface area contributed by atoms with Crippen LogP contribution < -0.4 is 5.32 Å². The zero-order valence-electron chi connectivity index (χ0n) is 42.0. The van der Waals surface area contributed by atoms with Crippen LogP contribution in [0.25, 0.3) is 0 Å². The van der Waals surface area contributed by atoms with Crippen molar-refractivity contribution < 1.29 is 51.8 Å². The number of hydrogen-bond donors (Lipinski definition) is 6. The van der Waals surface area contributed by atoms with Crippen LogP contribution in [0.3, 0.4) is 0 Å². The first-order valence-corrected chi connectivity index (χ1v) is 28.6. The van der Waals surface area contributed by atoms with Crippen molar-refractivity contribution in [2.24, 2.45) is 0 Å². The number of nitrogens with one attached hydrogen (secondary N) is 1. The number of aliphatic hydroxyl groups is 4. The van der Waals surface area contributed by atoms with Crippen LogP contribution >= 0.6 is 0 Å². The van der Waals surface area contributed by atoms with Gasteiger partial charge in [-0.3, -0.25) is 9.35 Å². The van der Waals surface area contributed by atoms with E-state index in [-0.39, 0.29) is 18.9 Å². The van der Waals surface area contributed by atoms with Crippen LogP contribution in [-0.2, 0) is 28.9 Å². The van der Waals surface area contributed by atoms with E-state index in [4.69, 9.17) is 9.47 Å². The quantitative estimate of drug-likeness (QED) is 0.0193. The summed E-state index contributed by atoms with van der Waals surface area (Å²) in [5.41, 5.74) is 0. The summed E-state index contributed by atoms with van der Waals surface area (Å²) in [4.78, 5) is 13.1. The van der Waals surface area contributed by atoms with Gasteiger partial charge in [-0.25, -0.2) is 4.18 Å². The van der Waals surface area contributed by atoms with Crippen LogP contribution in [0.15, 0.2) is 24.3 Å². The number of rotatable bonds is 47. The highest BCUT2D eigenvalue weighted by Gasteiger charge is 2.48. The van der Waals surface area contributed by atoms with Crippen molar-refractivity contribution >= 4 is 16.3 Å². The van der Waals surface area contributed by atoms with Crippen LogP contribution in [-0.4, -0.2) is 95.4 Å². The van der Waals surface area contributed by atoms with E-state index < -0.39 is 59.9 Å². The Labute approximate surface area is 403 Å². The molecule has 66 heavy (non-hydrogen) atoms. The fraction of sp³-hybridized carbons (Fsp3) is 0.906. The molecular weight excluding hydrogens is 859 g/mol. The van der Waals surface area contributed by atoms with Crippen molar-refractivity contribution in [2.45, 2.75) is 294 Å². The molecule has 0 radical (unpaired) electrons. The SMILES string of the molecule is CCCCCCCCCCC/C=C\CCCCCCCCCC(=O)NC(COC1OC(CO)C(O)C(OS(=O)(=O)O)C1O)C(O)/C=C/CCCCCCCCCCCCCCCCCCC. The van der Waals surface area contributed by atoms with Crippen molar-refractivity contribution in [3.63, 3.8) is 0 Å². The van der Waals surface area contributed by atoms with Gasteiger partial charge in [-0.15, -0.1) is 0 Å². The average molecular weight is 960 g/mol. The summed E-state index contributed by atoms with van der Waals surface area (Å²) in [6, 6.07) is -0.945. The van der Waals surface area contributed by atoms with E-state index in [1.807, 2.05) is 6.08 Å². The van der Waals surface area contributed by atoms with Gasteiger partial charge >= 0.3 is 10.4 Å². The Morgan fingerprint density at radius 1 is 0.591 bits per heavy atom. The first-order valence-electron chi connectivity index (χ1n) is 27.2. The van der Waals surface area contributed by atoms with E-state index in [2.05, 4.69) is 35.5 Å². The summed E-state index contributed by atoms with van der Waals surface area (Å²) in [5.74, 6) is -0.264. The lowest BCUT2D eigenvalue weighted by atomic mass is 9.99. The van der Waals surface area contributed by atoms with Crippen molar-refractivity contribution in [1.82, 2.24) is 5.32 Å². The first kappa shape index (κ1) is 62.6. The molecule has 0 aromatic heterocycles. The summed E-state index contributed by atoms with van der Waals surface area (Å²) < 4.78 is 47.8. The summed E-state index contributed by atoms with van der Waals surface area (Å²) >= 11 is 0. The third-order valence-electron chi connectivity index (χ3n) is 13.0. The summed E-state index contributed by atoms with van der Waals surface area (Å²) in [6.07, 6.45) is 43.5. The van der Waals surface area contributed by atoms with Crippen LogP contribution in [0, 0.1) is 0 Å². The molecule has 0 bridgehead atoms. The van der Waals surface area contributed by atoms with E-state index in [1.165, 1.54) is 180 Å². The fourth-order valence-corrected chi connectivity index (χ4v) is 9.25. The van der Waals surface area contributed by atoms with Crippen molar-refractivity contribution in [3.8, 4) is 0 Å². The Kier molecular flexibility index (Phi) is 41.3. The number of carbonyl (C=O) groups is 1. The van der Waals surface area contributed by atoms with Crippen LogP contribution in [0.1, 0.15) is 251 Å². The molecule has 1 fully saturated rings. The Morgan fingerprint density at radius 3 is 1.36 bits per heavy atom. The molecule has 12 nitrogen and oxygen atoms in total. The van der Waals surface area contributed by atoms with E-state index in [0.717, 1.165) is 44.9 Å². The lowest BCUT2D eigenvalue weighted by Gasteiger charge is -2.41. The molecule has 0 spiro atoms. The summed E-state index contributed by atoms with van der Waals surface area (Å²) in [6.45, 7) is 3.42. The Balaban J connectivity index is 2.43. The second-order valence-corrected chi connectivity index (χ2v) is 20.2. The van der Waals surface area contributed by atoms with Crippen molar-refractivity contribution in [2.75, 3.05) is 13.2 Å². The molecule has 6 N–H and O–H groups in total. The molecule has 0 saturated carbocycles. The smallest absolute Gasteiger partial charge is 0.394 e. The lowest BCUT2D eigenvalue weighted by Crippen LogP contribution is -2.61. The number of unbranched alkanes of at least 4 members (excludes halogenated alkanes) is 33. The molecule has 13 heteroatoms. The molecule has 1 aliphatic heterocycles. The second-order valence-electron chi connectivity index (χ2n) is 19.2. The highest BCUT2D eigenvalue weighted by Crippen LogP contribution is 2.26. The first-order chi connectivity index (χ1) is 32.0. The highest BCUT2D eigenvalue weighted by atomic mass is 32.3. The molecule has 0 aliphatic carbocycles. The van der Waals surface area contributed by atoms with Gasteiger partial charge in [0.2, 0.25) is 5.91 Å². The molecule has 7 atom stereocenters. The van der Waals surface area contributed by atoms with Crippen molar-refractivity contribution in [3.05, 3.63) is 24.3 Å². The summed E-state index contributed by atoms with van der Waals surface area (Å²) in [5, 5.41) is 44.9. The standard InChI is InChI=1S/C53H101NO11S/c1-3-5-7-9-11-13-15-17-19-21-23-25-27-29-31-33-35-37-39-41-43-49(57)54-46(45-63-53-51(59)52(65-66(60,61)62)50(58)48(44-55)64-53)47(56)42-40-38-36-34-32-30-28-26-24-22-20-18-16-14-12-10-8-6-4-2/h23,25,40,42,46-48,50-53,55-56,58-59H,3-22,24,26-39,41,43-45H2,1-2H3,(H,54,57)(H,60,61,62)/b25-23-,42-40+. The lowest BCUT2D eigenvalue weighted by molar-refractivity contribution is -0.298. The largest absolute Gasteiger partial charge is 0.397 e. The van der Waals surface area contributed by atoms with Crippen LogP contribution in [0.4, 0.5) is 0 Å². The third kappa shape index (κ3) is 35.7. The minimum Gasteiger partial charge on any atom is -0.394 e. The maximum atomic E-state index is 13.1. The predicted molar refractivity (Wildman–Crippen MR) is 269 cm³/mol. The van der Waals surface area contributed by atoms with Crippen LogP contribution in [0.5, 0.6) is 0 Å². The highest BCUT2D eigenvalue weighted by molar-refractivity contribution is 7.80. The molecule has 7 unspecified atom stereocenters.